The molecule has 0 aliphatic carbocycles. The average molecular weight is 346 g/mol. The van der Waals surface area contributed by atoms with Gasteiger partial charge in [0.15, 0.2) is 0 Å². The number of nitrogens with one attached hydrogen (secondary N) is 1. The molecule has 2 aromatic carbocycles. The number of benzene rings is 2. The first-order valence-corrected chi connectivity index (χ1v) is 6.53. The van der Waals surface area contributed by atoms with Gasteiger partial charge in [0.2, 0.25) is 0 Å². The molecule has 0 fully saturated rings. The van der Waals surface area contributed by atoms with Crippen LogP contribution in [0.2, 0.25) is 5.02 Å². The first-order chi connectivity index (χ1) is 9.01. The Labute approximate surface area is 123 Å². The third-order valence-electron chi connectivity index (χ3n) is 2.53. The average Bonchev–Trinajstić information content (AvgIpc) is 2.35. The lowest BCUT2D eigenvalue weighted by molar-refractivity contribution is 0.415. The summed E-state index contributed by atoms with van der Waals surface area (Å²) in [6.07, 6.45) is 0. The minimum Gasteiger partial charge on any atom is -0.497 e. The van der Waals surface area contributed by atoms with Gasteiger partial charge in [0.25, 0.3) is 0 Å². The fraction of sp³-hybridized carbons (Fsp3) is 0.0769. The summed E-state index contributed by atoms with van der Waals surface area (Å²) in [7, 11) is 1.57. The van der Waals surface area contributed by atoms with Crippen molar-refractivity contribution in [1.82, 2.24) is 0 Å². The Balaban J connectivity index is 2.41. The fourth-order valence-electron chi connectivity index (χ4n) is 1.57. The zero-order valence-electron chi connectivity index (χ0n) is 10.0. The fourth-order valence-corrected chi connectivity index (χ4v) is 2.47. The predicted molar refractivity (Wildman–Crippen MR) is 79.8 cm³/mol. The molecule has 2 rings (SSSR count). The second kappa shape index (κ2) is 5.67. The lowest BCUT2D eigenvalue weighted by atomic mass is 10.2. The van der Waals surface area contributed by atoms with Gasteiger partial charge in [0.05, 0.1) is 29.2 Å². The molecule has 0 radical (unpaired) electrons. The Morgan fingerprint density at radius 3 is 2.68 bits per heavy atom. The van der Waals surface area contributed by atoms with Crippen LogP contribution in [0.15, 0.2) is 34.8 Å². The van der Waals surface area contributed by atoms with E-state index in [4.69, 9.17) is 22.1 Å². The van der Waals surface area contributed by atoms with Crippen LogP contribution in [-0.2, 0) is 0 Å². The summed E-state index contributed by atoms with van der Waals surface area (Å²) in [5, 5.41) is 3.32. The summed E-state index contributed by atoms with van der Waals surface area (Å²) in [6, 6.07) is 7.76. The van der Waals surface area contributed by atoms with Crippen molar-refractivity contribution >= 4 is 44.6 Å². The molecule has 0 aliphatic heterocycles. The number of nitrogens with two attached hydrogens (primary N) is 1. The van der Waals surface area contributed by atoms with Crippen LogP contribution in [0.1, 0.15) is 0 Å². The van der Waals surface area contributed by atoms with Gasteiger partial charge in [-0.25, -0.2) is 4.39 Å². The van der Waals surface area contributed by atoms with Crippen molar-refractivity contribution in [1.29, 1.82) is 0 Å². The predicted octanol–water partition coefficient (Wildman–Crippen LogP) is 4.58. The van der Waals surface area contributed by atoms with Crippen molar-refractivity contribution < 1.29 is 9.13 Å². The first-order valence-electron chi connectivity index (χ1n) is 5.36. The number of rotatable bonds is 3. The molecule has 6 heteroatoms. The molecule has 3 nitrogen and oxygen atoms in total. The molecule has 2 aromatic rings. The smallest absolute Gasteiger partial charge is 0.125 e. The minimum atomic E-state index is -0.416. The van der Waals surface area contributed by atoms with E-state index in [0.29, 0.717) is 27.3 Å². The Hall–Kier alpha value is -1.46. The third kappa shape index (κ3) is 3.11. The van der Waals surface area contributed by atoms with Gasteiger partial charge < -0.3 is 15.8 Å². The molecule has 100 valence electrons. The van der Waals surface area contributed by atoms with E-state index in [0.717, 1.165) is 0 Å². The van der Waals surface area contributed by atoms with E-state index in [9.17, 15) is 4.39 Å². The third-order valence-corrected chi connectivity index (χ3v) is 3.45. The second-order valence-corrected chi connectivity index (χ2v) is 5.08. The van der Waals surface area contributed by atoms with E-state index >= 15 is 0 Å². The standard InChI is InChI=1S/C13H11BrClFN2O/c1-19-8-2-3-11(17)12(6-8)18-13-9(14)4-7(16)5-10(13)15/h2-6,18H,17H2,1H3. The number of ether oxygens (including phenoxy) is 1. The van der Waals surface area contributed by atoms with Crippen LogP contribution in [-0.4, -0.2) is 7.11 Å². The van der Waals surface area contributed by atoms with Crippen LogP contribution in [0.4, 0.5) is 21.5 Å². The largest absolute Gasteiger partial charge is 0.497 e. The Bertz CT molecular complexity index is 599. The molecule has 3 N–H and O–H groups in total. The summed E-state index contributed by atoms with van der Waals surface area (Å²) < 4.78 is 18.8. The molecule has 0 aliphatic rings. The number of halogens is 3. The molecule has 0 bridgehead atoms. The highest BCUT2D eigenvalue weighted by Crippen LogP contribution is 2.36. The highest BCUT2D eigenvalue weighted by atomic mass is 79.9. The summed E-state index contributed by atoms with van der Waals surface area (Å²) in [4.78, 5) is 0. The number of anilines is 3. The van der Waals surface area contributed by atoms with Gasteiger partial charge in [-0.3, -0.25) is 0 Å². The monoisotopic (exact) mass is 344 g/mol. The molecule has 0 saturated carbocycles. The quantitative estimate of drug-likeness (QED) is 0.801. The van der Waals surface area contributed by atoms with Gasteiger partial charge in [-0.15, -0.1) is 0 Å². The number of hydrogen-bond acceptors (Lipinski definition) is 3. The van der Waals surface area contributed by atoms with E-state index in [1.54, 1.807) is 25.3 Å². The summed E-state index contributed by atoms with van der Waals surface area (Å²) in [6.45, 7) is 0. The zero-order valence-corrected chi connectivity index (χ0v) is 12.3. The maximum Gasteiger partial charge on any atom is 0.125 e. The second-order valence-electron chi connectivity index (χ2n) is 3.82. The number of methoxy groups -OCH3 is 1. The maximum atomic E-state index is 13.2. The van der Waals surface area contributed by atoms with Gasteiger partial charge >= 0.3 is 0 Å². The lowest BCUT2D eigenvalue weighted by Crippen LogP contribution is -1.99. The summed E-state index contributed by atoms with van der Waals surface area (Å²) in [5.74, 6) is 0.243. The molecule has 0 unspecified atom stereocenters. The van der Waals surface area contributed by atoms with Crippen molar-refractivity contribution in [2.45, 2.75) is 0 Å². The van der Waals surface area contributed by atoms with E-state index < -0.39 is 5.82 Å². The van der Waals surface area contributed by atoms with Gasteiger partial charge in [0, 0.05) is 10.5 Å². The van der Waals surface area contributed by atoms with Crippen molar-refractivity contribution in [2.24, 2.45) is 0 Å². The zero-order chi connectivity index (χ0) is 14.0. The van der Waals surface area contributed by atoms with Gasteiger partial charge in [-0.1, -0.05) is 11.6 Å². The van der Waals surface area contributed by atoms with Crippen LogP contribution in [0.25, 0.3) is 0 Å². The maximum absolute atomic E-state index is 13.2. The number of nitrogen functional groups attached to an aromatic ring is 1. The SMILES string of the molecule is COc1ccc(N)c(Nc2c(Cl)cc(F)cc2Br)c1. The van der Waals surface area contributed by atoms with Gasteiger partial charge in [-0.05, 0) is 40.2 Å². The molecule has 0 atom stereocenters. The summed E-state index contributed by atoms with van der Waals surface area (Å²) >= 11 is 9.26. The van der Waals surface area contributed by atoms with Crippen LogP contribution in [0, 0.1) is 5.82 Å². The van der Waals surface area contributed by atoms with Crippen LogP contribution in [0.3, 0.4) is 0 Å². The molecular formula is C13H11BrClFN2O. The van der Waals surface area contributed by atoms with Crippen molar-refractivity contribution in [3.63, 3.8) is 0 Å². The van der Waals surface area contributed by atoms with E-state index in [1.807, 2.05) is 0 Å². The van der Waals surface area contributed by atoms with Crippen LogP contribution in [0.5, 0.6) is 5.75 Å². The van der Waals surface area contributed by atoms with E-state index in [1.165, 1.54) is 12.1 Å². The van der Waals surface area contributed by atoms with Crippen LogP contribution >= 0.6 is 27.5 Å². The van der Waals surface area contributed by atoms with Gasteiger partial charge in [-0.2, -0.15) is 0 Å². The Kier molecular flexibility index (Phi) is 4.17. The molecule has 0 saturated heterocycles. The molecule has 0 spiro atoms. The highest BCUT2D eigenvalue weighted by molar-refractivity contribution is 9.10. The van der Waals surface area contributed by atoms with Crippen molar-refractivity contribution in [2.75, 3.05) is 18.2 Å². The van der Waals surface area contributed by atoms with E-state index in [2.05, 4.69) is 21.2 Å². The molecule has 0 amide bonds. The van der Waals surface area contributed by atoms with E-state index in [-0.39, 0.29) is 5.02 Å². The first kappa shape index (κ1) is 14.0. The van der Waals surface area contributed by atoms with Crippen LogP contribution < -0.4 is 15.8 Å². The van der Waals surface area contributed by atoms with Crippen molar-refractivity contribution in [3.05, 3.63) is 45.6 Å². The number of hydrogen-bond donors (Lipinski definition) is 2. The Morgan fingerprint density at radius 1 is 1.32 bits per heavy atom. The summed E-state index contributed by atoms with van der Waals surface area (Å²) in [5.41, 5.74) is 7.58. The lowest BCUT2D eigenvalue weighted by Gasteiger charge is -2.13. The topological polar surface area (TPSA) is 47.3 Å². The highest BCUT2D eigenvalue weighted by Gasteiger charge is 2.10. The van der Waals surface area contributed by atoms with Crippen molar-refractivity contribution in [3.8, 4) is 5.75 Å². The molecule has 0 aromatic heterocycles. The molecular weight excluding hydrogens is 335 g/mol. The minimum absolute atomic E-state index is 0.258. The normalized spacial score (nSPS) is 10.3. The molecule has 0 heterocycles. The Morgan fingerprint density at radius 2 is 2.05 bits per heavy atom. The molecule has 19 heavy (non-hydrogen) atoms. The van der Waals surface area contributed by atoms with Gasteiger partial charge in [0.1, 0.15) is 11.6 Å².